The molecule has 1 heterocycles. The van der Waals surface area contributed by atoms with Crippen LogP contribution in [0.25, 0.3) is 0 Å². The van der Waals surface area contributed by atoms with Gasteiger partial charge in [0.05, 0.1) is 12.1 Å². The van der Waals surface area contributed by atoms with E-state index in [-0.39, 0.29) is 25.1 Å². The minimum atomic E-state index is -3.57. The summed E-state index contributed by atoms with van der Waals surface area (Å²) in [6, 6.07) is -1.82. The molecule has 0 bridgehead atoms. The molecule has 1 rings (SSSR count). The Hall–Kier alpha value is -2.14. The van der Waals surface area contributed by atoms with Gasteiger partial charge in [-0.1, -0.05) is 0 Å². The average Bonchev–Trinajstić information content (AvgIpc) is 2.85. The number of carboxylic acids is 1. The van der Waals surface area contributed by atoms with E-state index >= 15 is 0 Å². The Kier molecular flexibility index (Phi) is 6.11. The normalized spacial score (nSPS) is 12.6. The van der Waals surface area contributed by atoms with Gasteiger partial charge in [0, 0.05) is 24.9 Å². The van der Waals surface area contributed by atoms with Crippen molar-refractivity contribution in [2.24, 2.45) is 5.14 Å². The van der Waals surface area contributed by atoms with Crippen molar-refractivity contribution >= 4 is 22.0 Å². The lowest BCUT2D eigenvalue weighted by Crippen LogP contribution is -2.47. The molecule has 0 aromatic carbocycles. The van der Waals surface area contributed by atoms with Crippen LogP contribution in [0.3, 0.4) is 0 Å². The summed E-state index contributed by atoms with van der Waals surface area (Å²) in [6.07, 6.45) is 3.06. The fourth-order valence-corrected chi connectivity index (χ4v) is 2.05. The van der Waals surface area contributed by atoms with E-state index in [4.69, 9.17) is 10.2 Å². The number of amides is 2. The SMILES string of the molecule is NS(=O)(=O)CCCNC(=O)NC(Cc1cnc[nH]1)C(=O)O. The van der Waals surface area contributed by atoms with Crippen molar-refractivity contribution in [1.29, 1.82) is 0 Å². The first kappa shape index (κ1) is 16.9. The number of aromatic amines is 1. The number of aliphatic carboxylic acids is 1. The summed E-state index contributed by atoms with van der Waals surface area (Å²) >= 11 is 0. The number of urea groups is 1. The Labute approximate surface area is 121 Å². The number of hydrogen-bond donors (Lipinski definition) is 5. The number of rotatable bonds is 8. The Balaban J connectivity index is 2.37. The summed E-state index contributed by atoms with van der Waals surface area (Å²) < 4.78 is 21.4. The van der Waals surface area contributed by atoms with Crippen molar-refractivity contribution in [1.82, 2.24) is 20.6 Å². The first-order valence-corrected chi connectivity index (χ1v) is 7.74. The molecule has 1 aromatic heterocycles. The van der Waals surface area contributed by atoms with Gasteiger partial charge < -0.3 is 20.7 Å². The van der Waals surface area contributed by atoms with Crippen molar-refractivity contribution < 1.29 is 23.1 Å². The van der Waals surface area contributed by atoms with Gasteiger partial charge in [0.15, 0.2) is 0 Å². The highest BCUT2D eigenvalue weighted by Crippen LogP contribution is 1.98. The predicted molar refractivity (Wildman–Crippen MR) is 72.8 cm³/mol. The molecule has 11 heteroatoms. The molecule has 21 heavy (non-hydrogen) atoms. The number of nitrogens with two attached hydrogens (primary N) is 1. The summed E-state index contributed by atoms with van der Waals surface area (Å²) in [6.45, 7) is 0.0681. The number of hydrogen-bond acceptors (Lipinski definition) is 5. The van der Waals surface area contributed by atoms with E-state index in [0.29, 0.717) is 5.69 Å². The minimum absolute atomic E-state index is 0.0555. The van der Waals surface area contributed by atoms with Gasteiger partial charge in [0.25, 0.3) is 0 Å². The van der Waals surface area contributed by atoms with Crippen LogP contribution in [0.2, 0.25) is 0 Å². The second-order valence-electron chi connectivity index (χ2n) is 4.29. The standard InChI is InChI=1S/C10H17N5O5S/c11-21(19,20)3-1-2-13-10(18)15-8(9(16)17)4-7-5-12-6-14-7/h5-6,8H,1-4H2,(H,12,14)(H,16,17)(H2,11,19,20)(H2,13,15,18). The monoisotopic (exact) mass is 319 g/mol. The van der Waals surface area contributed by atoms with Crippen LogP contribution in [0.1, 0.15) is 12.1 Å². The van der Waals surface area contributed by atoms with E-state index in [2.05, 4.69) is 20.6 Å². The second kappa shape index (κ2) is 7.59. The smallest absolute Gasteiger partial charge is 0.326 e. The summed E-state index contributed by atoms with van der Waals surface area (Å²) in [5.41, 5.74) is 0.567. The molecule has 1 unspecified atom stereocenters. The summed E-state index contributed by atoms with van der Waals surface area (Å²) in [7, 11) is -3.57. The third kappa shape index (κ3) is 7.27. The number of primary sulfonamides is 1. The first-order valence-electron chi connectivity index (χ1n) is 6.03. The number of carboxylic acid groups (broad SMARTS) is 1. The largest absolute Gasteiger partial charge is 0.480 e. The molecule has 0 aliphatic carbocycles. The number of nitrogens with one attached hydrogen (secondary N) is 3. The predicted octanol–water partition coefficient (Wildman–Crippen LogP) is -1.62. The Morgan fingerprint density at radius 3 is 2.71 bits per heavy atom. The number of nitrogens with zero attached hydrogens (tertiary/aromatic N) is 1. The highest BCUT2D eigenvalue weighted by atomic mass is 32.2. The molecule has 0 radical (unpaired) electrons. The van der Waals surface area contributed by atoms with E-state index in [1.54, 1.807) is 0 Å². The molecule has 6 N–H and O–H groups in total. The van der Waals surface area contributed by atoms with Crippen LogP contribution in [0.5, 0.6) is 0 Å². The van der Waals surface area contributed by atoms with E-state index < -0.39 is 28.1 Å². The zero-order valence-electron chi connectivity index (χ0n) is 11.1. The van der Waals surface area contributed by atoms with Gasteiger partial charge in [-0.3, -0.25) is 0 Å². The van der Waals surface area contributed by atoms with Gasteiger partial charge in [-0.05, 0) is 6.42 Å². The fourth-order valence-electron chi connectivity index (χ4n) is 1.50. The van der Waals surface area contributed by atoms with Crippen LogP contribution in [-0.4, -0.2) is 53.8 Å². The van der Waals surface area contributed by atoms with Crippen molar-refractivity contribution in [3.8, 4) is 0 Å². The average molecular weight is 319 g/mol. The quantitative estimate of drug-likeness (QED) is 0.361. The van der Waals surface area contributed by atoms with Gasteiger partial charge in [-0.25, -0.2) is 28.1 Å². The molecule has 1 atom stereocenters. The maximum Gasteiger partial charge on any atom is 0.326 e. The van der Waals surface area contributed by atoms with Crippen molar-refractivity contribution in [2.75, 3.05) is 12.3 Å². The highest BCUT2D eigenvalue weighted by molar-refractivity contribution is 7.89. The fraction of sp³-hybridized carbons (Fsp3) is 0.500. The summed E-state index contributed by atoms with van der Waals surface area (Å²) in [4.78, 5) is 29.1. The lowest BCUT2D eigenvalue weighted by molar-refractivity contribution is -0.139. The molecule has 10 nitrogen and oxygen atoms in total. The maximum absolute atomic E-state index is 11.5. The first-order chi connectivity index (χ1) is 9.78. The number of carbonyl (C=O) groups excluding carboxylic acids is 1. The van der Waals surface area contributed by atoms with Crippen LogP contribution in [-0.2, 0) is 21.2 Å². The Bertz CT molecular complexity index is 571. The molecule has 0 aliphatic heterocycles. The van der Waals surface area contributed by atoms with Crippen LogP contribution < -0.4 is 15.8 Å². The number of aromatic nitrogens is 2. The van der Waals surface area contributed by atoms with E-state index in [9.17, 15) is 18.0 Å². The van der Waals surface area contributed by atoms with Crippen LogP contribution in [0.4, 0.5) is 4.79 Å². The second-order valence-corrected chi connectivity index (χ2v) is 6.03. The maximum atomic E-state index is 11.5. The van der Waals surface area contributed by atoms with Crippen LogP contribution in [0.15, 0.2) is 12.5 Å². The van der Waals surface area contributed by atoms with Gasteiger partial charge in [-0.2, -0.15) is 0 Å². The molecule has 0 aliphatic rings. The number of carbonyl (C=O) groups is 2. The van der Waals surface area contributed by atoms with Crippen molar-refractivity contribution in [2.45, 2.75) is 18.9 Å². The van der Waals surface area contributed by atoms with Gasteiger partial charge in [-0.15, -0.1) is 0 Å². The third-order valence-electron chi connectivity index (χ3n) is 2.47. The van der Waals surface area contributed by atoms with Crippen LogP contribution >= 0.6 is 0 Å². The number of H-pyrrole nitrogens is 1. The topological polar surface area (TPSA) is 167 Å². The molecule has 2 amide bonds. The van der Waals surface area contributed by atoms with Gasteiger partial charge in [0.2, 0.25) is 10.0 Å². The molecular weight excluding hydrogens is 302 g/mol. The Morgan fingerprint density at radius 2 is 2.19 bits per heavy atom. The van der Waals surface area contributed by atoms with Crippen molar-refractivity contribution in [3.63, 3.8) is 0 Å². The summed E-state index contributed by atoms with van der Waals surface area (Å²) in [5.74, 6) is -1.45. The summed E-state index contributed by atoms with van der Waals surface area (Å²) in [5, 5.41) is 18.5. The van der Waals surface area contributed by atoms with Crippen molar-refractivity contribution in [3.05, 3.63) is 18.2 Å². The number of imidazole rings is 1. The van der Waals surface area contributed by atoms with E-state index in [0.717, 1.165) is 0 Å². The third-order valence-corrected chi connectivity index (χ3v) is 3.33. The van der Waals surface area contributed by atoms with E-state index in [1.807, 2.05) is 0 Å². The van der Waals surface area contributed by atoms with Crippen LogP contribution in [0, 0.1) is 0 Å². The lowest BCUT2D eigenvalue weighted by atomic mass is 10.2. The number of sulfonamides is 1. The molecular formula is C10H17N5O5S. The van der Waals surface area contributed by atoms with E-state index in [1.165, 1.54) is 12.5 Å². The minimum Gasteiger partial charge on any atom is -0.480 e. The molecule has 1 aromatic rings. The molecule has 0 saturated carbocycles. The molecule has 0 fully saturated rings. The lowest BCUT2D eigenvalue weighted by Gasteiger charge is -2.14. The molecule has 0 spiro atoms. The zero-order chi connectivity index (χ0) is 15.9. The van der Waals surface area contributed by atoms with Gasteiger partial charge >= 0.3 is 12.0 Å². The van der Waals surface area contributed by atoms with Gasteiger partial charge in [0.1, 0.15) is 6.04 Å². The highest BCUT2D eigenvalue weighted by Gasteiger charge is 2.20. The Morgan fingerprint density at radius 1 is 1.48 bits per heavy atom. The zero-order valence-corrected chi connectivity index (χ0v) is 11.9. The molecule has 0 saturated heterocycles. The molecule has 118 valence electrons.